The molecule has 0 fully saturated rings. The van der Waals surface area contributed by atoms with Crippen LogP contribution in [-0.2, 0) is 0 Å². The Morgan fingerprint density at radius 2 is 1.79 bits per heavy atom. The summed E-state index contributed by atoms with van der Waals surface area (Å²) in [5.74, 6) is -0.130. The Morgan fingerprint density at radius 1 is 1.05 bits per heavy atom. The third kappa shape index (κ3) is 1.88. The number of ketones is 1. The van der Waals surface area contributed by atoms with Gasteiger partial charge >= 0.3 is 0 Å². The number of carbonyl (C=O) groups excluding carboxylic acids is 1. The first kappa shape index (κ1) is 11.8. The van der Waals surface area contributed by atoms with Crippen molar-refractivity contribution in [3.8, 4) is 0 Å². The van der Waals surface area contributed by atoms with Gasteiger partial charge in [-0.15, -0.1) is 11.3 Å². The van der Waals surface area contributed by atoms with Crippen LogP contribution in [0.25, 0.3) is 20.2 Å². The molecular weight excluding hydrogens is 256 g/mol. The lowest BCUT2D eigenvalue weighted by Crippen LogP contribution is -2.02. The van der Waals surface area contributed by atoms with Crippen LogP contribution in [0.5, 0.6) is 0 Å². The Bertz CT molecular complexity index is 875. The van der Waals surface area contributed by atoms with E-state index in [1.165, 1.54) is 17.4 Å². The maximum absolute atomic E-state index is 12.3. The molecule has 2 nitrogen and oxygen atoms in total. The summed E-state index contributed by atoms with van der Waals surface area (Å²) >= 11 is 1.52. The molecule has 0 bridgehead atoms. The van der Waals surface area contributed by atoms with Crippen molar-refractivity contribution in [2.24, 2.45) is 0 Å². The van der Waals surface area contributed by atoms with E-state index in [4.69, 9.17) is 0 Å². The van der Waals surface area contributed by atoms with Crippen molar-refractivity contribution in [1.82, 2.24) is 0 Å². The summed E-state index contributed by atoms with van der Waals surface area (Å²) < 4.78 is 1.76. The summed E-state index contributed by atoms with van der Waals surface area (Å²) in [6, 6.07) is 12.7. The molecular formula is C16H10O2S. The van der Waals surface area contributed by atoms with E-state index < -0.39 is 0 Å². The minimum absolute atomic E-state index is 0.0157. The standard InChI is InChI=1S/C16H10O2S/c1-2-13(17)10-7-8-12-15(9-10)19-14-6-4-3-5-11(14)16(12)18/h2-9H,1H2. The summed E-state index contributed by atoms with van der Waals surface area (Å²) in [4.78, 5) is 24.0. The highest BCUT2D eigenvalue weighted by molar-refractivity contribution is 7.24. The van der Waals surface area contributed by atoms with Crippen LogP contribution in [0, 0.1) is 0 Å². The average Bonchev–Trinajstić information content (AvgIpc) is 2.46. The molecule has 3 rings (SSSR count). The van der Waals surface area contributed by atoms with Gasteiger partial charge in [-0.3, -0.25) is 9.59 Å². The van der Waals surface area contributed by atoms with Crippen molar-refractivity contribution in [1.29, 1.82) is 0 Å². The molecule has 0 aliphatic carbocycles. The van der Waals surface area contributed by atoms with Gasteiger partial charge < -0.3 is 0 Å². The Hall–Kier alpha value is -2.26. The van der Waals surface area contributed by atoms with Gasteiger partial charge in [-0.05, 0) is 30.3 Å². The van der Waals surface area contributed by atoms with Crippen molar-refractivity contribution in [2.45, 2.75) is 0 Å². The molecule has 3 heteroatoms. The first-order valence-corrected chi connectivity index (χ1v) is 6.65. The Kier molecular flexibility index (Phi) is 2.76. The Labute approximate surface area is 113 Å². The van der Waals surface area contributed by atoms with Crippen molar-refractivity contribution in [3.63, 3.8) is 0 Å². The minimum Gasteiger partial charge on any atom is -0.289 e. The van der Waals surface area contributed by atoms with Crippen LogP contribution < -0.4 is 5.43 Å². The average molecular weight is 266 g/mol. The predicted octanol–water partition coefficient (Wildman–Crippen LogP) is 3.78. The molecule has 0 amide bonds. The van der Waals surface area contributed by atoms with E-state index >= 15 is 0 Å². The van der Waals surface area contributed by atoms with Gasteiger partial charge in [0.05, 0.1) is 0 Å². The zero-order valence-electron chi connectivity index (χ0n) is 10.1. The minimum atomic E-state index is -0.130. The second-order valence-corrected chi connectivity index (χ2v) is 5.29. The molecule has 0 N–H and O–H groups in total. The smallest absolute Gasteiger partial charge is 0.195 e. The van der Waals surface area contributed by atoms with Crippen LogP contribution in [0.2, 0.25) is 0 Å². The molecule has 0 aliphatic heterocycles. The van der Waals surface area contributed by atoms with Crippen LogP contribution >= 0.6 is 11.3 Å². The third-order valence-corrected chi connectivity index (χ3v) is 4.18. The lowest BCUT2D eigenvalue weighted by atomic mass is 10.1. The lowest BCUT2D eigenvalue weighted by Gasteiger charge is -2.02. The van der Waals surface area contributed by atoms with Gasteiger partial charge in [0.25, 0.3) is 0 Å². The third-order valence-electron chi connectivity index (χ3n) is 3.05. The fraction of sp³-hybridized carbons (Fsp3) is 0. The normalized spacial score (nSPS) is 10.7. The van der Waals surface area contributed by atoms with Crippen LogP contribution in [0.4, 0.5) is 0 Å². The van der Waals surface area contributed by atoms with Crippen molar-refractivity contribution in [3.05, 3.63) is 70.9 Å². The molecule has 0 spiro atoms. The predicted molar refractivity (Wildman–Crippen MR) is 80.1 cm³/mol. The zero-order valence-corrected chi connectivity index (χ0v) is 10.9. The highest BCUT2D eigenvalue weighted by atomic mass is 32.1. The number of rotatable bonds is 2. The van der Waals surface area contributed by atoms with E-state index in [0.29, 0.717) is 10.9 Å². The molecule has 3 aromatic rings. The van der Waals surface area contributed by atoms with Gasteiger partial charge in [-0.25, -0.2) is 0 Å². The maximum atomic E-state index is 12.3. The topological polar surface area (TPSA) is 34.1 Å². The zero-order chi connectivity index (χ0) is 13.4. The van der Waals surface area contributed by atoms with Crippen molar-refractivity contribution in [2.75, 3.05) is 0 Å². The molecule has 0 saturated carbocycles. The van der Waals surface area contributed by atoms with E-state index in [9.17, 15) is 9.59 Å². The van der Waals surface area contributed by atoms with Crippen LogP contribution in [0.3, 0.4) is 0 Å². The first-order chi connectivity index (χ1) is 9.20. The van der Waals surface area contributed by atoms with E-state index in [0.717, 1.165) is 14.8 Å². The SMILES string of the molecule is C=CC(=O)c1ccc2c(=O)c3ccccc3sc2c1. The van der Waals surface area contributed by atoms with Gasteiger partial charge in [-0.1, -0.05) is 24.8 Å². The van der Waals surface area contributed by atoms with E-state index in [1.54, 1.807) is 18.2 Å². The number of allylic oxidation sites excluding steroid dienone is 1. The number of benzene rings is 2. The molecule has 0 unspecified atom stereocenters. The summed E-state index contributed by atoms with van der Waals surface area (Å²) in [6.07, 6.45) is 1.28. The molecule has 0 saturated heterocycles. The second-order valence-electron chi connectivity index (χ2n) is 4.21. The number of hydrogen-bond acceptors (Lipinski definition) is 3. The molecule has 0 aliphatic rings. The van der Waals surface area contributed by atoms with Crippen molar-refractivity contribution >= 4 is 37.3 Å². The van der Waals surface area contributed by atoms with E-state index in [-0.39, 0.29) is 11.2 Å². The molecule has 19 heavy (non-hydrogen) atoms. The Morgan fingerprint density at radius 3 is 2.58 bits per heavy atom. The van der Waals surface area contributed by atoms with Gasteiger partial charge in [0.1, 0.15) is 0 Å². The monoisotopic (exact) mass is 266 g/mol. The summed E-state index contributed by atoms with van der Waals surface area (Å²) in [6.45, 7) is 3.48. The maximum Gasteiger partial charge on any atom is 0.195 e. The summed E-state index contributed by atoms with van der Waals surface area (Å²) in [7, 11) is 0. The summed E-state index contributed by atoms with van der Waals surface area (Å²) in [5.41, 5.74) is 0.579. The fourth-order valence-corrected chi connectivity index (χ4v) is 3.18. The molecule has 0 radical (unpaired) electrons. The van der Waals surface area contributed by atoms with Gasteiger partial charge in [0.15, 0.2) is 11.2 Å². The number of fused-ring (bicyclic) bond motifs is 2. The highest BCUT2D eigenvalue weighted by Crippen LogP contribution is 2.25. The van der Waals surface area contributed by atoms with Crippen LogP contribution in [0.1, 0.15) is 10.4 Å². The largest absolute Gasteiger partial charge is 0.289 e. The molecule has 1 aromatic heterocycles. The van der Waals surface area contributed by atoms with E-state index in [2.05, 4.69) is 6.58 Å². The molecule has 2 aromatic carbocycles. The fourth-order valence-electron chi connectivity index (χ4n) is 2.07. The van der Waals surface area contributed by atoms with Gasteiger partial charge in [0.2, 0.25) is 0 Å². The lowest BCUT2D eigenvalue weighted by molar-refractivity contribution is 0.104. The van der Waals surface area contributed by atoms with Gasteiger partial charge in [0, 0.05) is 25.7 Å². The van der Waals surface area contributed by atoms with E-state index in [1.807, 2.05) is 24.3 Å². The van der Waals surface area contributed by atoms with Gasteiger partial charge in [-0.2, -0.15) is 0 Å². The number of carbonyl (C=O) groups is 1. The van der Waals surface area contributed by atoms with Crippen molar-refractivity contribution < 1.29 is 4.79 Å². The van der Waals surface area contributed by atoms with Crippen LogP contribution in [-0.4, -0.2) is 5.78 Å². The molecule has 0 atom stereocenters. The number of hydrogen-bond donors (Lipinski definition) is 0. The van der Waals surface area contributed by atoms with Crippen LogP contribution in [0.15, 0.2) is 59.9 Å². The summed E-state index contributed by atoms with van der Waals surface area (Å²) in [5, 5.41) is 1.38. The first-order valence-electron chi connectivity index (χ1n) is 5.83. The molecule has 92 valence electrons. The second kappa shape index (κ2) is 4.44. The Balaban J connectivity index is 2.41. The molecule has 1 heterocycles. The highest BCUT2D eigenvalue weighted by Gasteiger charge is 2.08. The quantitative estimate of drug-likeness (QED) is 0.402.